The van der Waals surface area contributed by atoms with E-state index in [9.17, 15) is 4.79 Å². The average Bonchev–Trinajstić information content (AvgIpc) is 2.95. The van der Waals surface area contributed by atoms with Crippen LogP contribution >= 0.6 is 0 Å². The lowest BCUT2D eigenvalue weighted by molar-refractivity contribution is -0.124. The van der Waals surface area contributed by atoms with Gasteiger partial charge in [0.2, 0.25) is 5.91 Å². The Morgan fingerprint density at radius 3 is 2.91 bits per heavy atom. The lowest BCUT2D eigenvalue weighted by Gasteiger charge is -2.26. The second-order valence-corrected chi connectivity index (χ2v) is 7.76. The SMILES string of the molecule is CC(C)(NC(=O)C1[C@H]2CNC[C@@H]12)c1nc2c3c(cccn13)CC2. The van der Waals surface area contributed by atoms with E-state index in [4.69, 9.17) is 4.98 Å². The first-order valence-corrected chi connectivity index (χ1v) is 8.58. The van der Waals surface area contributed by atoms with Crippen molar-refractivity contribution in [2.45, 2.75) is 32.2 Å². The van der Waals surface area contributed by atoms with Crippen molar-refractivity contribution in [1.82, 2.24) is 20.0 Å². The van der Waals surface area contributed by atoms with Gasteiger partial charge in [0.05, 0.1) is 16.7 Å². The van der Waals surface area contributed by atoms with E-state index < -0.39 is 5.54 Å². The van der Waals surface area contributed by atoms with Crippen molar-refractivity contribution in [1.29, 1.82) is 0 Å². The molecule has 3 atom stereocenters. The van der Waals surface area contributed by atoms with E-state index in [1.54, 1.807) is 0 Å². The van der Waals surface area contributed by atoms with Crippen LogP contribution in [0.3, 0.4) is 0 Å². The molecule has 1 unspecified atom stereocenters. The number of pyridine rings is 1. The van der Waals surface area contributed by atoms with Gasteiger partial charge < -0.3 is 15.0 Å². The van der Waals surface area contributed by atoms with Crippen LogP contribution < -0.4 is 10.6 Å². The molecule has 2 aliphatic carbocycles. The summed E-state index contributed by atoms with van der Waals surface area (Å²) in [7, 11) is 0. The molecule has 2 aromatic rings. The molecule has 1 aliphatic heterocycles. The Bertz CT molecular complexity index is 812. The van der Waals surface area contributed by atoms with Gasteiger partial charge >= 0.3 is 0 Å². The van der Waals surface area contributed by atoms with Gasteiger partial charge in [0.25, 0.3) is 0 Å². The normalized spacial score (nSPS) is 28.2. The molecule has 1 amide bonds. The minimum Gasteiger partial charge on any atom is -0.344 e. The van der Waals surface area contributed by atoms with Crippen molar-refractivity contribution in [3.05, 3.63) is 35.4 Å². The van der Waals surface area contributed by atoms with Gasteiger partial charge in [-0.3, -0.25) is 4.79 Å². The van der Waals surface area contributed by atoms with Gasteiger partial charge in [-0.05, 0) is 63.2 Å². The summed E-state index contributed by atoms with van der Waals surface area (Å²) in [5, 5.41) is 6.61. The van der Waals surface area contributed by atoms with E-state index in [1.165, 1.54) is 16.8 Å². The second kappa shape index (κ2) is 4.35. The highest BCUT2D eigenvalue weighted by atomic mass is 16.2. The van der Waals surface area contributed by atoms with Crippen molar-refractivity contribution in [3.8, 4) is 0 Å². The molecule has 1 saturated heterocycles. The van der Waals surface area contributed by atoms with Gasteiger partial charge in [0, 0.05) is 12.1 Å². The highest BCUT2D eigenvalue weighted by molar-refractivity contribution is 5.83. The monoisotopic (exact) mass is 310 g/mol. The standard InChI is InChI=1S/C18H22N4O/c1-18(2,21-16(23)14-11-8-19-9-12(11)14)17-20-13-6-5-10-4-3-7-22(17)15(10)13/h3-4,7,11-12,14,19H,5-6,8-9H2,1-2H3,(H,21,23)/t11-,12+,14?. The van der Waals surface area contributed by atoms with E-state index in [0.717, 1.165) is 31.8 Å². The van der Waals surface area contributed by atoms with E-state index in [2.05, 4.69) is 47.2 Å². The van der Waals surface area contributed by atoms with Crippen LogP contribution in [0.15, 0.2) is 18.3 Å². The van der Waals surface area contributed by atoms with Crippen LogP contribution in [0.25, 0.3) is 5.52 Å². The first-order chi connectivity index (χ1) is 11.1. The fraction of sp³-hybridized carbons (Fsp3) is 0.556. The first kappa shape index (κ1) is 13.5. The maximum absolute atomic E-state index is 12.7. The van der Waals surface area contributed by atoms with Gasteiger partial charge in [-0.15, -0.1) is 0 Å². The summed E-state index contributed by atoms with van der Waals surface area (Å²) in [6, 6.07) is 4.26. The van der Waals surface area contributed by atoms with Crippen molar-refractivity contribution in [2.75, 3.05) is 13.1 Å². The van der Waals surface area contributed by atoms with E-state index >= 15 is 0 Å². The first-order valence-electron chi connectivity index (χ1n) is 8.58. The number of amides is 1. The Morgan fingerprint density at radius 1 is 1.35 bits per heavy atom. The Hall–Kier alpha value is -1.88. The zero-order chi connectivity index (χ0) is 15.8. The van der Waals surface area contributed by atoms with Crippen molar-refractivity contribution in [2.24, 2.45) is 17.8 Å². The number of rotatable bonds is 3. The zero-order valence-electron chi connectivity index (χ0n) is 13.6. The summed E-state index contributed by atoms with van der Waals surface area (Å²) in [4.78, 5) is 17.5. The third-order valence-electron chi connectivity index (χ3n) is 5.84. The van der Waals surface area contributed by atoms with Crippen LogP contribution in [0.2, 0.25) is 0 Å². The summed E-state index contributed by atoms with van der Waals surface area (Å²) in [5.74, 6) is 2.43. The van der Waals surface area contributed by atoms with Gasteiger partial charge in [-0.2, -0.15) is 0 Å². The number of imidazole rings is 1. The number of carbonyl (C=O) groups excluding carboxylic acids is 1. The highest BCUT2D eigenvalue weighted by Crippen LogP contribution is 2.49. The molecule has 3 aliphatic rings. The summed E-state index contributed by atoms with van der Waals surface area (Å²) < 4.78 is 2.17. The molecule has 2 fully saturated rings. The predicted molar refractivity (Wildman–Crippen MR) is 87.1 cm³/mol. The van der Waals surface area contributed by atoms with Gasteiger partial charge in [0.15, 0.2) is 0 Å². The fourth-order valence-electron chi connectivity index (χ4n) is 4.61. The van der Waals surface area contributed by atoms with Crippen molar-refractivity contribution >= 4 is 11.4 Å². The third kappa shape index (κ3) is 1.83. The van der Waals surface area contributed by atoms with Crippen LogP contribution in [0.5, 0.6) is 0 Å². The molecular formula is C18H22N4O. The average molecular weight is 310 g/mol. The highest BCUT2D eigenvalue weighted by Gasteiger charge is 2.57. The topological polar surface area (TPSA) is 58.4 Å². The third-order valence-corrected chi connectivity index (χ3v) is 5.84. The maximum atomic E-state index is 12.7. The molecule has 0 spiro atoms. The lowest BCUT2D eigenvalue weighted by atomic mass is 10.0. The number of nitrogens with one attached hydrogen (secondary N) is 2. The maximum Gasteiger partial charge on any atom is 0.224 e. The number of carbonyl (C=O) groups is 1. The molecule has 0 aromatic carbocycles. The van der Waals surface area contributed by atoms with Crippen LogP contribution in [0.4, 0.5) is 0 Å². The van der Waals surface area contributed by atoms with Gasteiger partial charge in [-0.1, -0.05) is 6.07 Å². The molecule has 2 N–H and O–H groups in total. The van der Waals surface area contributed by atoms with Crippen LogP contribution in [-0.4, -0.2) is 28.4 Å². The lowest BCUT2D eigenvalue weighted by Crippen LogP contribution is -2.44. The molecule has 5 nitrogen and oxygen atoms in total. The Balaban J connectivity index is 1.46. The Morgan fingerprint density at radius 2 is 2.13 bits per heavy atom. The summed E-state index contributed by atoms with van der Waals surface area (Å²) >= 11 is 0. The molecule has 2 aromatic heterocycles. The van der Waals surface area contributed by atoms with Crippen molar-refractivity contribution < 1.29 is 4.79 Å². The molecule has 1 saturated carbocycles. The Kier molecular flexibility index (Phi) is 2.56. The van der Waals surface area contributed by atoms with Crippen LogP contribution in [-0.2, 0) is 23.2 Å². The second-order valence-electron chi connectivity index (χ2n) is 7.76. The largest absolute Gasteiger partial charge is 0.344 e. The van der Waals surface area contributed by atoms with Crippen molar-refractivity contribution in [3.63, 3.8) is 0 Å². The zero-order valence-corrected chi connectivity index (χ0v) is 13.6. The number of fused-ring (bicyclic) bond motifs is 1. The Labute approximate surface area is 135 Å². The summed E-state index contributed by atoms with van der Waals surface area (Å²) in [6.07, 6.45) is 4.15. The molecule has 5 rings (SSSR count). The quantitative estimate of drug-likeness (QED) is 0.897. The van der Waals surface area contributed by atoms with Crippen LogP contribution in [0.1, 0.15) is 30.9 Å². The molecule has 0 bridgehead atoms. The van der Waals surface area contributed by atoms with Gasteiger partial charge in [0.1, 0.15) is 5.82 Å². The molecule has 3 heterocycles. The summed E-state index contributed by atoms with van der Waals surface area (Å²) in [6.45, 7) is 6.11. The number of aromatic nitrogens is 2. The molecule has 23 heavy (non-hydrogen) atoms. The smallest absolute Gasteiger partial charge is 0.224 e. The van der Waals surface area contributed by atoms with Crippen LogP contribution in [0, 0.1) is 17.8 Å². The minimum absolute atomic E-state index is 0.193. The number of hydrogen-bond donors (Lipinski definition) is 2. The number of nitrogens with zero attached hydrogens (tertiary/aromatic N) is 2. The predicted octanol–water partition coefficient (Wildman–Crippen LogP) is 1.25. The van der Waals surface area contributed by atoms with E-state index in [1.807, 2.05) is 0 Å². The number of piperidine rings is 1. The number of aryl methyl sites for hydroxylation is 2. The van der Waals surface area contributed by atoms with E-state index in [-0.39, 0.29) is 11.8 Å². The summed E-state index contributed by atoms with van der Waals surface area (Å²) in [5.41, 5.74) is 3.33. The molecule has 0 radical (unpaired) electrons. The minimum atomic E-state index is -0.460. The number of hydrogen-bond acceptors (Lipinski definition) is 3. The molecular weight excluding hydrogens is 288 g/mol. The van der Waals surface area contributed by atoms with E-state index in [0.29, 0.717) is 11.8 Å². The van der Waals surface area contributed by atoms with Gasteiger partial charge in [-0.25, -0.2) is 4.98 Å². The molecule has 120 valence electrons. The molecule has 5 heteroatoms. The fourth-order valence-corrected chi connectivity index (χ4v) is 4.61.